The van der Waals surface area contributed by atoms with Gasteiger partial charge in [0.2, 0.25) is 0 Å². The first-order valence-corrected chi connectivity index (χ1v) is 8.17. The van der Waals surface area contributed by atoms with Gasteiger partial charge in [0.05, 0.1) is 13.2 Å². The van der Waals surface area contributed by atoms with Gasteiger partial charge >= 0.3 is 0 Å². The van der Waals surface area contributed by atoms with Gasteiger partial charge in [-0.05, 0) is 25.6 Å². The highest BCUT2D eigenvalue weighted by molar-refractivity contribution is 6.71. The molecule has 0 aromatic carbocycles. The van der Waals surface area contributed by atoms with Crippen molar-refractivity contribution in [2.45, 2.75) is 38.1 Å². The van der Waals surface area contributed by atoms with Crippen LogP contribution in [0.2, 0.25) is 19.1 Å². The molecule has 0 radical (unpaired) electrons. The molecule has 0 bridgehead atoms. The van der Waals surface area contributed by atoms with Crippen LogP contribution in [0.4, 0.5) is 0 Å². The van der Waals surface area contributed by atoms with E-state index < -0.39 is 14.4 Å². The van der Waals surface area contributed by atoms with E-state index in [-0.39, 0.29) is 13.2 Å². The quantitative estimate of drug-likeness (QED) is 0.589. The number of hydrogen-bond acceptors (Lipinski definition) is 4. The van der Waals surface area contributed by atoms with E-state index in [1.165, 1.54) is 18.9 Å². The standard InChI is InChI=1S/C6H14OSi.C3H8O3/c1-8(2)6-4-3-5-7-8;4-1-3(6)2-5/h3-6H2,1-2H3;3-6H,1-2H2. The van der Waals surface area contributed by atoms with Gasteiger partial charge in [0.25, 0.3) is 0 Å². The lowest BCUT2D eigenvalue weighted by atomic mass is 10.4. The van der Waals surface area contributed by atoms with Crippen molar-refractivity contribution in [2.75, 3.05) is 19.8 Å². The zero-order valence-electron chi connectivity index (χ0n) is 9.07. The van der Waals surface area contributed by atoms with Gasteiger partial charge in [-0.3, -0.25) is 0 Å². The Kier molecular flexibility index (Phi) is 7.39. The lowest BCUT2D eigenvalue weighted by Crippen LogP contribution is -2.33. The van der Waals surface area contributed by atoms with Gasteiger partial charge in [0, 0.05) is 6.61 Å². The molecule has 86 valence electrons. The molecular weight excluding hydrogens is 200 g/mol. The van der Waals surface area contributed by atoms with Crippen LogP contribution in [0.3, 0.4) is 0 Å². The number of hydrogen-bond donors (Lipinski definition) is 3. The topological polar surface area (TPSA) is 69.9 Å². The Hall–Kier alpha value is 0.0569. The molecule has 0 unspecified atom stereocenters. The van der Waals surface area contributed by atoms with Gasteiger partial charge < -0.3 is 19.7 Å². The average molecular weight is 222 g/mol. The van der Waals surface area contributed by atoms with Gasteiger partial charge in [0.1, 0.15) is 6.10 Å². The van der Waals surface area contributed by atoms with Crippen molar-refractivity contribution in [1.29, 1.82) is 0 Å². The number of aliphatic hydroxyl groups is 3. The van der Waals surface area contributed by atoms with E-state index in [0.29, 0.717) is 0 Å². The maximum atomic E-state index is 8.17. The smallest absolute Gasteiger partial charge is 0.186 e. The van der Waals surface area contributed by atoms with Crippen molar-refractivity contribution < 1.29 is 19.7 Å². The molecule has 0 saturated carbocycles. The van der Waals surface area contributed by atoms with Crippen LogP contribution in [0.25, 0.3) is 0 Å². The Balaban J connectivity index is 0.000000255. The van der Waals surface area contributed by atoms with Crippen molar-refractivity contribution in [1.82, 2.24) is 0 Å². The molecule has 1 fully saturated rings. The van der Waals surface area contributed by atoms with Gasteiger partial charge in [0.15, 0.2) is 8.32 Å². The molecule has 4 nitrogen and oxygen atoms in total. The lowest BCUT2D eigenvalue weighted by molar-refractivity contribution is 0.0450. The van der Waals surface area contributed by atoms with Gasteiger partial charge in [-0.1, -0.05) is 6.42 Å². The van der Waals surface area contributed by atoms with Crippen LogP contribution in [0.5, 0.6) is 0 Å². The number of rotatable bonds is 2. The SMILES string of the molecule is C[Si]1(C)CCCCO1.OCC(O)CO. The molecule has 0 spiro atoms. The molecule has 1 saturated heterocycles. The second-order valence-corrected chi connectivity index (χ2v) is 8.39. The van der Waals surface area contributed by atoms with Crippen LogP contribution in [-0.4, -0.2) is 49.6 Å². The van der Waals surface area contributed by atoms with Gasteiger partial charge in [-0.25, -0.2) is 0 Å². The Morgan fingerprint density at radius 3 is 1.93 bits per heavy atom. The summed E-state index contributed by atoms with van der Waals surface area (Å²) in [5.41, 5.74) is 0. The van der Waals surface area contributed by atoms with Crippen molar-refractivity contribution in [3.05, 3.63) is 0 Å². The molecular formula is C9H22O4Si. The maximum Gasteiger partial charge on any atom is 0.186 e. The van der Waals surface area contributed by atoms with E-state index in [1.807, 2.05) is 0 Å². The van der Waals surface area contributed by atoms with Crippen LogP contribution in [0, 0.1) is 0 Å². The highest BCUT2D eigenvalue weighted by Gasteiger charge is 2.24. The molecule has 0 aromatic heterocycles. The Labute approximate surface area is 86.7 Å². The van der Waals surface area contributed by atoms with Crippen molar-refractivity contribution in [3.63, 3.8) is 0 Å². The van der Waals surface area contributed by atoms with Crippen LogP contribution in [0.15, 0.2) is 0 Å². The minimum Gasteiger partial charge on any atom is -0.417 e. The van der Waals surface area contributed by atoms with E-state index in [9.17, 15) is 0 Å². The first kappa shape index (κ1) is 14.1. The molecule has 1 aliphatic heterocycles. The summed E-state index contributed by atoms with van der Waals surface area (Å²) in [6.07, 6.45) is 1.74. The summed E-state index contributed by atoms with van der Waals surface area (Å²) >= 11 is 0. The van der Waals surface area contributed by atoms with E-state index in [2.05, 4.69) is 13.1 Å². The van der Waals surface area contributed by atoms with Crippen molar-refractivity contribution in [3.8, 4) is 0 Å². The predicted octanol–water partition coefficient (Wildman–Crippen LogP) is 0.334. The minimum absolute atomic E-state index is 0.365. The van der Waals surface area contributed by atoms with E-state index in [4.69, 9.17) is 19.7 Å². The fourth-order valence-corrected chi connectivity index (χ4v) is 3.07. The lowest BCUT2D eigenvalue weighted by Gasteiger charge is -2.27. The molecule has 0 atom stereocenters. The fourth-order valence-electron chi connectivity index (χ4n) is 1.13. The van der Waals surface area contributed by atoms with E-state index in [0.717, 1.165) is 6.61 Å². The monoisotopic (exact) mass is 222 g/mol. The summed E-state index contributed by atoms with van der Waals surface area (Å²) in [7, 11) is -1.09. The van der Waals surface area contributed by atoms with Crippen LogP contribution in [0.1, 0.15) is 12.8 Å². The van der Waals surface area contributed by atoms with E-state index >= 15 is 0 Å². The maximum absolute atomic E-state index is 8.17. The van der Waals surface area contributed by atoms with Crippen LogP contribution >= 0.6 is 0 Å². The summed E-state index contributed by atoms with van der Waals surface area (Å²) in [5, 5.41) is 24.0. The fraction of sp³-hybridized carbons (Fsp3) is 1.00. The summed E-state index contributed by atoms with van der Waals surface area (Å²) in [5.74, 6) is 0. The summed E-state index contributed by atoms with van der Waals surface area (Å²) in [4.78, 5) is 0. The van der Waals surface area contributed by atoms with E-state index in [1.54, 1.807) is 0 Å². The van der Waals surface area contributed by atoms with Gasteiger partial charge in [-0.15, -0.1) is 0 Å². The highest BCUT2D eigenvalue weighted by Crippen LogP contribution is 2.20. The zero-order chi connectivity index (χ0) is 11.0. The molecule has 0 aliphatic carbocycles. The third-order valence-electron chi connectivity index (χ3n) is 2.09. The predicted molar refractivity (Wildman–Crippen MR) is 57.7 cm³/mol. The second-order valence-electron chi connectivity index (χ2n) is 4.08. The third kappa shape index (κ3) is 7.46. The number of aliphatic hydroxyl groups excluding tert-OH is 3. The normalized spacial score (nSPS) is 20.1. The largest absolute Gasteiger partial charge is 0.417 e. The molecule has 0 aromatic rings. The Morgan fingerprint density at radius 1 is 1.21 bits per heavy atom. The van der Waals surface area contributed by atoms with Crippen LogP contribution < -0.4 is 0 Å². The third-order valence-corrected chi connectivity index (χ3v) is 4.63. The van der Waals surface area contributed by atoms with Crippen molar-refractivity contribution >= 4 is 8.32 Å². The molecule has 3 N–H and O–H groups in total. The first-order chi connectivity index (χ1) is 6.52. The summed E-state index contributed by atoms with van der Waals surface area (Å²) < 4.78 is 5.60. The molecule has 5 heteroatoms. The molecule has 1 aliphatic rings. The molecule has 14 heavy (non-hydrogen) atoms. The Bertz CT molecular complexity index is 129. The summed E-state index contributed by atoms with van der Waals surface area (Å²) in [6, 6.07) is 1.37. The minimum atomic E-state index is -1.09. The summed E-state index contributed by atoms with van der Waals surface area (Å²) in [6.45, 7) is 4.89. The molecule has 0 amide bonds. The highest BCUT2D eigenvalue weighted by atomic mass is 28.4. The van der Waals surface area contributed by atoms with Crippen LogP contribution in [-0.2, 0) is 4.43 Å². The molecule has 1 rings (SSSR count). The average Bonchev–Trinajstić information content (AvgIpc) is 2.17. The van der Waals surface area contributed by atoms with Crippen molar-refractivity contribution in [2.24, 2.45) is 0 Å². The van der Waals surface area contributed by atoms with Gasteiger partial charge in [-0.2, -0.15) is 0 Å². The Morgan fingerprint density at radius 2 is 1.79 bits per heavy atom. The second kappa shape index (κ2) is 7.36. The first-order valence-electron chi connectivity index (χ1n) is 5.05. The molecule has 1 heterocycles. The zero-order valence-corrected chi connectivity index (χ0v) is 10.1.